The highest BCUT2D eigenvalue weighted by atomic mass is 35.5. The number of hydrogen-bond acceptors (Lipinski definition) is 2. The normalized spacial score (nSPS) is 10.3. The summed E-state index contributed by atoms with van der Waals surface area (Å²) < 4.78 is 13.0. The number of rotatable bonds is 2. The number of hydrogen-bond donors (Lipinski definition) is 2. The van der Waals surface area contributed by atoms with Gasteiger partial charge in [-0.3, -0.25) is 0 Å². The molecule has 2 rings (SSSR count). The van der Waals surface area contributed by atoms with Gasteiger partial charge in [0.25, 0.3) is 0 Å². The maximum Gasteiger partial charge on any atom is 0.141 e. The van der Waals surface area contributed by atoms with Crippen molar-refractivity contribution in [3.63, 3.8) is 0 Å². The zero-order chi connectivity index (χ0) is 12.4. The van der Waals surface area contributed by atoms with Gasteiger partial charge < -0.3 is 11.1 Å². The second-order valence-corrected chi connectivity index (χ2v) is 4.20. The Morgan fingerprint density at radius 1 is 1.24 bits per heavy atom. The van der Waals surface area contributed by atoms with Crippen molar-refractivity contribution >= 4 is 28.7 Å². The van der Waals surface area contributed by atoms with Crippen molar-refractivity contribution in [1.82, 2.24) is 0 Å². The summed E-state index contributed by atoms with van der Waals surface area (Å²) >= 11 is 5.71. The lowest BCUT2D eigenvalue weighted by Gasteiger charge is -2.12. The van der Waals surface area contributed by atoms with Crippen LogP contribution in [0.3, 0.4) is 0 Å². The molecule has 0 saturated carbocycles. The fraction of sp³-hybridized carbons (Fsp3) is 0.0769. The molecule has 2 nitrogen and oxygen atoms in total. The highest BCUT2D eigenvalue weighted by Gasteiger charge is 2.05. The van der Waals surface area contributed by atoms with Gasteiger partial charge in [-0.1, -0.05) is 23.7 Å². The van der Waals surface area contributed by atoms with Crippen molar-refractivity contribution in [1.29, 1.82) is 0 Å². The Kier molecular flexibility index (Phi) is 3.20. The van der Waals surface area contributed by atoms with Crippen LogP contribution in [0.5, 0.6) is 0 Å². The molecule has 0 aromatic heterocycles. The third-order valence-electron chi connectivity index (χ3n) is 2.49. The lowest BCUT2D eigenvalue weighted by atomic mass is 10.1. The summed E-state index contributed by atoms with van der Waals surface area (Å²) in [4.78, 5) is 0. The minimum absolute atomic E-state index is 0.0853. The maximum absolute atomic E-state index is 13.0. The number of para-hydroxylation sites is 1. The first-order valence-corrected chi connectivity index (χ1v) is 5.53. The lowest BCUT2D eigenvalue weighted by molar-refractivity contribution is 0.628. The van der Waals surface area contributed by atoms with E-state index in [0.717, 1.165) is 11.3 Å². The molecule has 0 radical (unpaired) electrons. The molecule has 0 aliphatic carbocycles. The molecular formula is C13H12ClFN2. The molecule has 0 aliphatic heterocycles. The number of benzene rings is 2. The zero-order valence-electron chi connectivity index (χ0n) is 9.30. The molecular weight excluding hydrogens is 239 g/mol. The van der Waals surface area contributed by atoms with Crippen LogP contribution in [0.15, 0.2) is 36.4 Å². The fourth-order valence-corrected chi connectivity index (χ4v) is 1.76. The van der Waals surface area contributed by atoms with Crippen molar-refractivity contribution in [2.24, 2.45) is 0 Å². The molecule has 3 N–H and O–H groups in total. The number of anilines is 3. The first-order valence-electron chi connectivity index (χ1n) is 5.15. The van der Waals surface area contributed by atoms with E-state index in [1.807, 2.05) is 19.1 Å². The average Bonchev–Trinajstić information content (AvgIpc) is 2.28. The molecule has 0 bridgehead atoms. The molecule has 17 heavy (non-hydrogen) atoms. The molecule has 2 aromatic carbocycles. The van der Waals surface area contributed by atoms with Crippen LogP contribution in [0.1, 0.15) is 5.56 Å². The van der Waals surface area contributed by atoms with E-state index in [0.29, 0.717) is 11.4 Å². The van der Waals surface area contributed by atoms with Crippen molar-refractivity contribution in [2.45, 2.75) is 6.92 Å². The van der Waals surface area contributed by atoms with Gasteiger partial charge in [0, 0.05) is 5.69 Å². The smallest absolute Gasteiger partial charge is 0.141 e. The fourth-order valence-electron chi connectivity index (χ4n) is 1.58. The summed E-state index contributed by atoms with van der Waals surface area (Å²) in [5, 5.41) is 3.22. The SMILES string of the molecule is Cc1cccc(N)c1Nc1ccc(F)c(Cl)c1. The van der Waals surface area contributed by atoms with E-state index in [-0.39, 0.29) is 5.02 Å². The van der Waals surface area contributed by atoms with Gasteiger partial charge in [0.2, 0.25) is 0 Å². The Hall–Kier alpha value is -1.74. The molecule has 0 spiro atoms. The second-order valence-electron chi connectivity index (χ2n) is 3.79. The Morgan fingerprint density at radius 3 is 2.65 bits per heavy atom. The van der Waals surface area contributed by atoms with Crippen LogP contribution in [0.4, 0.5) is 21.5 Å². The molecule has 4 heteroatoms. The summed E-state index contributed by atoms with van der Waals surface area (Å²) in [7, 11) is 0. The zero-order valence-corrected chi connectivity index (χ0v) is 10.1. The van der Waals surface area contributed by atoms with Gasteiger partial charge >= 0.3 is 0 Å². The van der Waals surface area contributed by atoms with Crippen LogP contribution >= 0.6 is 11.6 Å². The van der Waals surface area contributed by atoms with Gasteiger partial charge in [0.15, 0.2) is 0 Å². The largest absolute Gasteiger partial charge is 0.397 e. The summed E-state index contributed by atoms with van der Waals surface area (Å²) in [5.74, 6) is -0.435. The van der Waals surface area contributed by atoms with Gasteiger partial charge in [-0.2, -0.15) is 0 Å². The van der Waals surface area contributed by atoms with Crippen LogP contribution < -0.4 is 11.1 Å². The molecule has 2 aromatic rings. The third kappa shape index (κ3) is 2.50. The number of halogens is 2. The summed E-state index contributed by atoms with van der Waals surface area (Å²) in [6.07, 6.45) is 0. The van der Waals surface area contributed by atoms with Crippen LogP contribution in [0.2, 0.25) is 5.02 Å². The van der Waals surface area contributed by atoms with E-state index >= 15 is 0 Å². The standard InChI is InChI=1S/C13H12ClFN2/c1-8-3-2-4-12(16)13(8)17-9-5-6-11(15)10(14)7-9/h2-7,17H,16H2,1H3. The number of nitrogens with two attached hydrogens (primary N) is 1. The Labute approximate surface area is 104 Å². The number of aryl methyl sites for hydroxylation is 1. The molecule has 0 saturated heterocycles. The maximum atomic E-state index is 13.0. The van der Waals surface area contributed by atoms with Gasteiger partial charge in [-0.05, 0) is 36.8 Å². The van der Waals surface area contributed by atoms with E-state index in [1.165, 1.54) is 12.1 Å². The predicted octanol–water partition coefficient (Wildman–Crippen LogP) is 4.11. The first kappa shape index (κ1) is 11.7. The highest BCUT2D eigenvalue weighted by Crippen LogP contribution is 2.28. The lowest BCUT2D eigenvalue weighted by Crippen LogP contribution is -1.98. The predicted molar refractivity (Wildman–Crippen MR) is 70.3 cm³/mol. The molecule has 0 fully saturated rings. The van der Waals surface area contributed by atoms with Crippen LogP contribution in [-0.4, -0.2) is 0 Å². The third-order valence-corrected chi connectivity index (χ3v) is 2.78. The Balaban J connectivity index is 2.35. The summed E-state index contributed by atoms with van der Waals surface area (Å²) in [6, 6.07) is 10.1. The average molecular weight is 251 g/mol. The minimum Gasteiger partial charge on any atom is -0.397 e. The van der Waals surface area contributed by atoms with Crippen molar-refractivity contribution in [3.8, 4) is 0 Å². The number of nitrogen functional groups attached to an aromatic ring is 1. The van der Waals surface area contributed by atoms with Gasteiger partial charge in [-0.25, -0.2) is 4.39 Å². The van der Waals surface area contributed by atoms with Crippen molar-refractivity contribution in [3.05, 3.63) is 52.8 Å². The number of nitrogens with one attached hydrogen (secondary N) is 1. The van der Waals surface area contributed by atoms with Crippen LogP contribution in [-0.2, 0) is 0 Å². The molecule has 0 unspecified atom stereocenters. The highest BCUT2D eigenvalue weighted by molar-refractivity contribution is 6.31. The topological polar surface area (TPSA) is 38.0 Å². The van der Waals surface area contributed by atoms with E-state index in [1.54, 1.807) is 12.1 Å². The van der Waals surface area contributed by atoms with Gasteiger partial charge in [0.05, 0.1) is 16.4 Å². The molecule has 0 aliphatic rings. The van der Waals surface area contributed by atoms with Crippen LogP contribution in [0, 0.1) is 12.7 Å². The van der Waals surface area contributed by atoms with E-state index in [9.17, 15) is 4.39 Å². The van der Waals surface area contributed by atoms with Crippen molar-refractivity contribution < 1.29 is 4.39 Å². The monoisotopic (exact) mass is 250 g/mol. The summed E-state index contributed by atoms with van der Waals surface area (Å²) in [5.41, 5.74) is 9.05. The van der Waals surface area contributed by atoms with Crippen molar-refractivity contribution in [2.75, 3.05) is 11.1 Å². The van der Waals surface area contributed by atoms with E-state index < -0.39 is 5.82 Å². The van der Waals surface area contributed by atoms with E-state index in [4.69, 9.17) is 17.3 Å². The van der Waals surface area contributed by atoms with Crippen LogP contribution in [0.25, 0.3) is 0 Å². The minimum atomic E-state index is -0.435. The summed E-state index contributed by atoms with van der Waals surface area (Å²) in [6.45, 7) is 1.95. The van der Waals surface area contributed by atoms with Gasteiger partial charge in [0.1, 0.15) is 5.82 Å². The Morgan fingerprint density at radius 2 is 2.00 bits per heavy atom. The van der Waals surface area contributed by atoms with E-state index in [2.05, 4.69) is 5.32 Å². The van der Waals surface area contributed by atoms with Gasteiger partial charge in [-0.15, -0.1) is 0 Å². The first-order chi connectivity index (χ1) is 8.08. The molecule has 88 valence electrons. The molecule has 0 heterocycles. The molecule has 0 amide bonds. The quantitative estimate of drug-likeness (QED) is 0.787. The Bertz CT molecular complexity index is 535. The second kappa shape index (κ2) is 4.63. The molecule has 0 atom stereocenters.